The minimum atomic E-state index is -0.659. The lowest BCUT2D eigenvalue weighted by Crippen LogP contribution is -2.23. The minimum Gasteiger partial charge on any atom is -0.390 e. The summed E-state index contributed by atoms with van der Waals surface area (Å²) in [6.07, 6.45) is 5.88. The Balaban J connectivity index is 3.33. The van der Waals surface area contributed by atoms with Crippen molar-refractivity contribution in [3.05, 3.63) is 26.2 Å². The van der Waals surface area contributed by atoms with Crippen LogP contribution in [-0.4, -0.2) is 10.7 Å². The lowest BCUT2D eigenvalue weighted by molar-refractivity contribution is 0.0928. The van der Waals surface area contributed by atoms with E-state index in [0.717, 1.165) is 6.42 Å². The SMILES string of the molecule is [CH2][CH][CH][CH][C@@](C)(O)CC. The van der Waals surface area contributed by atoms with Crippen molar-refractivity contribution in [3.63, 3.8) is 0 Å². The van der Waals surface area contributed by atoms with Gasteiger partial charge in [0.2, 0.25) is 0 Å². The van der Waals surface area contributed by atoms with Crippen molar-refractivity contribution in [2.75, 3.05) is 0 Å². The first-order chi connectivity index (χ1) is 4.12. The Morgan fingerprint density at radius 2 is 2.22 bits per heavy atom. The predicted octanol–water partition coefficient (Wildman–Crippen LogP) is 1.59. The monoisotopic (exact) mass is 126 g/mol. The Kier molecular flexibility index (Phi) is 3.87. The summed E-state index contributed by atoms with van der Waals surface area (Å²) in [6, 6.07) is 0. The average molecular weight is 126 g/mol. The second-order valence-corrected chi connectivity index (χ2v) is 2.31. The highest BCUT2D eigenvalue weighted by Crippen LogP contribution is 2.14. The molecule has 4 radical (unpaired) electrons. The highest BCUT2D eigenvalue weighted by Gasteiger charge is 2.15. The van der Waals surface area contributed by atoms with Crippen LogP contribution in [0.2, 0.25) is 0 Å². The lowest BCUT2D eigenvalue weighted by Gasteiger charge is -2.19. The van der Waals surface area contributed by atoms with Crippen molar-refractivity contribution >= 4 is 0 Å². The van der Waals surface area contributed by atoms with Crippen LogP contribution in [0.25, 0.3) is 0 Å². The summed E-state index contributed by atoms with van der Waals surface area (Å²) in [4.78, 5) is 0. The van der Waals surface area contributed by atoms with E-state index in [4.69, 9.17) is 0 Å². The zero-order chi connectivity index (χ0) is 7.33. The Morgan fingerprint density at radius 1 is 1.67 bits per heavy atom. The van der Waals surface area contributed by atoms with Gasteiger partial charge in [0, 0.05) is 0 Å². The smallest absolute Gasteiger partial charge is 0.0651 e. The van der Waals surface area contributed by atoms with Crippen molar-refractivity contribution in [1.29, 1.82) is 0 Å². The molecule has 0 bridgehead atoms. The van der Waals surface area contributed by atoms with Crippen molar-refractivity contribution in [1.82, 2.24) is 0 Å². The van der Waals surface area contributed by atoms with Crippen molar-refractivity contribution in [2.45, 2.75) is 25.9 Å². The molecule has 0 saturated heterocycles. The van der Waals surface area contributed by atoms with E-state index in [-0.39, 0.29) is 0 Å². The third kappa shape index (κ3) is 4.46. The molecule has 0 aromatic rings. The van der Waals surface area contributed by atoms with Gasteiger partial charge < -0.3 is 5.11 Å². The van der Waals surface area contributed by atoms with Crippen molar-refractivity contribution < 1.29 is 5.11 Å². The zero-order valence-electron chi connectivity index (χ0n) is 6.09. The molecule has 0 unspecified atom stereocenters. The van der Waals surface area contributed by atoms with E-state index >= 15 is 0 Å². The number of hydrogen-bond donors (Lipinski definition) is 1. The third-order valence-electron chi connectivity index (χ3n) is 1.31. The van der Waals surface area contributed by atoms with E-state index in [2.05, 4.69) is 6.92 Å². The van der Waals surface area contributed by atoms with Gasteiger partial charge >= 0.3 is 0 Å². The normalized spacial score (nSPS) is 17.3. The molecule has 0 amide bonds. The largest absolute Gasteiger partial charge is 0.390 e. The quantitative estimate of drug-likeness (QED) is 0.606. The summed E-state index contributed by atoms with van der Waals surface area (Å²) >= 11 is 0. The fourth-order valence-electron chi connectivity index (χ4n) is 0.393. The van der Waals surface area contributed by atoms with Crippen LogP contribution in [0, 0.1) is 26.2 Å². The van der Waals surface area contributed by atoms with E-state index in [1.165, 1.54) is 0 Å². The second-order valence-electron chi connectivity index (χ2n) is 2.31. The van der Waals surface area contributed by atoms with Gasteiger partial charge in [0.15, 0.2) is 0 Å². The van der Waals surface area contributed by atoms with Gasteiger partial charge in [-0.15, -0.1) is 0 Å². The minimum absolute atomic E-state index is 0.659. The molecule has 0 spiro atoms. The van der Waals surface area contributed by atoms with Gasteiger partial charge in [-0.3, -0.25) is 0 Å². The fourth-order valence-corrected chi connectivity index (χ4v) is 0.393. The standard InChI is InChI=1S/C8H14O/c1-4-6-7-8(3,9)5-2/h4,6-7,9H,1,5H2,2-3H3/t8-/m0/s1. The summed E-state index contributed by atoms with van der Waals surface area (Å²) in [6.45, 7) is 7.21. The molecule has 0 saturated carbocycles. The van der Waals surface area contributed by atoms with Gasteiger partial charge in [-0.05, 0) is 39.5 Å². The summed E-state index contributed by atoms with van der Waals surface area (Å²) in [5.74, 6) is 0. The molecule has 0 aromatic carbocycles. The molecule has 1 N–H and O–H groups in total. The Labute approximate surface area is 58.1 Å². The van der Waals surface area contributed by atoms with Gasteiger partial charge in [0.1, 0.15) is 0 Å². The fraction of sp³-hybridized carbons (Fsp3) is 0.500. The molecule has 0 aliphatic carbocycles. The van der Waals surface area contributed by atoms with Gasteiger partial charge in [-0.2, -0.15) is 0 Å². The van der Waals surface area contributed by atoms with Crippen LogP contribution in [0.5, 0.6) is 0 Å². The van der Waals surface area contributed by atoms with Crippen LogP contribution in [0.3, 0.4) is 0 Å². The summed E-state index contributed by atoms with van der Waals surface area (Å²) < 4.78 is 0. The maximum Gasteiger partial charge on any atom is 0.0651 e. The maximum atomic E-state index is 9.32. The summed E-state index contributed by atoms with van der Waals surface area (Å²) in [5, 5.41) is 9.32. The highest BCUT2D eigenvalue weighted by atomic mass is 16.3. The lowest BCUT2D eigenvalue weighted by atomic mass is 9.97. The topological polar surface area (TPSA) is 20.2 Å². The molecule has 1 nitrogen and oxygen atoms in total. The van der Waals surface area contributed by atoms with E-state index in [9.17, 15) is 5.11 Å². The highest BCUT2D eigenvalue weighted by molar-refractivity contribution is 5.05. The zero-order valence-corrected chi connectivity index (χ0v) is 6.09. The molecule has 1 heteroatoms. The molecule has 0 aromatic heterocycles. The van der Waals surface area contributed by atoms with Gasteiger partial charge in [-0.1, -0.05) is 6.92 Å². The Morgan fingerprint density at radius 3 is 2.56 bits per heavy atom. The molecule has 1 atom stereocenters. The molecular weight excluding hydrogens is 112 g/mol. The number of rotatable bonds is 4. The van der Waals surface area contributed by atoms with Crippen LogP contribution >= 0.6 is 0 Å². The van der Waals surface area contributed by atoms with Gasteiger partial charge in [0.05, 0.1) is 5.60 Å². The number of hydrogen-bond acceptors (Lipinski definition) is 1. The van der Waals surface area contributed by atoms with Crippen molar-refractivity contribution in [2.24, 2.45) is 0 Å². The molecular formula is C8H14O. The Hall–Kier alpha value is -0.0400. The van der Waals surface area contributed by atoms with E-state index < -0.39 is 5.60 Å². The molecule has 9 heavy (non-hydrogen) atoms. The predicted molar refractivity (Wildman–Crippen MR) is 39.2 cm³/mol. The van der Waals surface area contributed by atoms with E-state index in [1.807, 2.05) is 6.92 Å². The molecule has 0 rings (SSSR count). The molecule has 0 aliphatic rings. The maximum absolute atomic E-state index is 9.32. The first-order valence-corrected chi connectivity index (χ1v) is 3.15. The summed E-state index contributed by atoms with van der Waals surface area (Å²) in [5.41, 5.74) is -0.659. The second kappa shape index (κ2) is 3.89. The van der Waals surface area contributed by atoms with E-state index in [1.54, 1.807) is 26.2 Å². The first kappa shape index (κ1) is 8.96. The van der Waals surface area contributed by atoms with Gasteiger partial charge in [-0.25, -0.2) is 0 Å². The van der Waals surface area contributed by atoms with Crippen LogP contribution in [-0.2, 0) is 0 Å². The number of unbranched alkanes of at least 4 members (excludes halogenated alkanes) is 1. The molecule has 0 aliphatic heterocycles. The third-order valence-corrected chi connectivity index (χ3v) is 1.31. The van der Waals surface area contributed by atoms with E-state index in [0.29, 0.717) is 0 Å². The van der Waals surface area contributed by atoms with Crippen LogP contribution < -0.4 is 0 Å². The summed E-state index contributed by atoms with van der Waals surface area (Å²) in [7, 11) is 0. The Bertz CT molecular complexity index is 67.0. The molecule has 52 valence electrons. The van der Waals surface area contributed by atoms with Crippen LogP contribution in [0.1, 0.15) is 20.3 Å². The van der Waals surface area contributed by atoms with Crippen LogP contribution in [0.15, 0.2) is 0 Å². The first-order valence-electron chi connectivity index (χ1n) is 3.15. The van der Waals surface area contributed by atoms with Crippen LogP contribution in [0.4, 0.5) is 0 Å². The van der Waals surface area contributed by atoms with Crippen molar-refractivity contribution in [3.8, 4) is 0 Å². The number of aliphatic hydroxyl groups is 1. The van der Waals surface area contributed by atoms with Gasteiger partial charge in [0.25, 0.3) is 0 Å². The average Bonchev–Trinajstić information content (AvgIpc) is 1.84. The molecule has 0 heterocycles. The molecule has 0 fully saturated rings.